The van der Waals surface area contributed by atoms with Crippen molar-refractivity contribution in [2.45, 2.75) is 26.8 Å². The second kappa shape index (κ2) is 9.00. The van der Waals surface area contributed by atoms with Crippen LogP contribution in [-0.2, 0) is 11.3 Å². The maximum Gasteiger partial charge on any atom is 0.241 e. The van der Waals surface area contributed by atoms with E-state index in [1.54, 1.807) is 19.0 Å². The molecule has 1 rings (SSSR count). The van der Waals surface area contributed by atoms with Crippen LogP contribution in [-0.4, -0.2) is 44.0 Å². The summed E-state index contributed by atoms with van der Waals surface area (Å²) in [7, 11) is 3.49. The lowest BCUT2D eigenvalue weighted by Gasteiger charge is -2.14. The number of aryl methyl sites for hydroxylation is 1. The minimum Gasteiger partial charge on any atom is -0.356 e. The minimum absolute atomic E-state index is 0.0246. The number of carbonyl (C=O) groups is 1. The van der Waals surface area contributed by atoms with Gasteiger partial charge in [-0.1, -0.05) is 36.8 Å². The Morgan fingerprint density at radius 3 is 2.67 bits per heavy atom. The molecule has 0 heterocycles. The highest BCUT2D eigenvalue weighted by Crippen LogP contribution is 2.04. The lowest BCUT2D eigenvalue weighted by Crippen LogP contribution is -2.43. The fourth-order valence-corrected chi connectivity index (χ4v) is 1.72. The highest BCUT2D eigenvalue weighted by Gasteiger charge is 2.05. The number of guanidine groups is 1. The lowest BCUT2D eigenvalue weighted by atomic mass is 10.1. The number of amides is 1. The number of hydrogen-bond donors (Lipinski definition) is 2. The fourth-order valence-electron chi connectivity index (χ4n) is 1.72. The van der Waals surface area contributed by atoms with E-state index in [1.165, 1.54) is 5.56 Å². The van der Waals surface area contributed by atoms with Crippen molar-refractivity contribution in [1.82, 2.24) is 15.5 Å². The quantitative estimate of drug-likeness (QED) is 0.617. The Kier molecular flexibility index (Phi) is 7.29. The van der Waals surface area contributed by atoms with E-state index in [1.807, 2.05) is 6.07 Å². The van der Waals surface area contributed by atoms with Crippen LogP contribution < -0.4 is 10.6 Å². The molecule has 0 bridgehead atoms. The first kappa shape index (κ1) is 17.0. The van der Waals surface area contributed by atoms with Gasteiger partial charge in [0, 0.05) is 20.6 Å². The van der Waals surface area contributed by atoms with Gasteiger partial charge in [0.1, 0.15) is 0 Å². The number of hydrogen-bond acceptors (Lipinski definition) is 2. The first-order chi connectivity index (χ1) is 10.0. The molecule has 5 nitrogen and oxygen atoms in total. The Bertz CT molecular complexity index is 483. The maximum absolute atomic E-state index is 11.6. The molecule has 2 N–H and O–H groups in total. The van der Waals surface area contributed by atoms with E-state index in [-0.39, 0.29) is 12.5 Å². The average Bonchev–Trinajstić information content (AvgIpc) is 2.46. The molecule has 0 unspecified atom stereocenters. The van der Waals surface area contributed by atoms with Crippen molar-refractivity contribution in [2.24, 2.45) is 4.99 Å². The van der Waals surface area contributed by atoms with Crippen molar-refractivity contribution >= 4 is 11.9 Å². The van der Waals surface area contributed by atoms with Gasteiger partial charge in [-0.05, 0) is 18.9 Å². The molecule has 1 aromatic carbocycles. The zero-order valence-corrected chi connectivity index (χ0v) is 13.4. The van der Waals surface area contributed by atoms with Crippen LogP contribution >= 0.6 is 0 Å². The van der Waals surface area contributed by atoms with Gasteiger partial charge in [-0.15, -0.1) is 0 Å². The van der Waals surface area contributed by atoms with Gasteiger partial charge < -0.3 is 15.5 Å². The number of likely N-dealkylation sites (N-methyl/N-ethyl adjacent to an activating group) is 1. The minimum atomic E-state index is 0.0246. The molecule has 0 aliphatic heterocycles. The number of nitrogens with one attached hydrogen (secondary N) is 2. The van der Waals surface area contributed by atoms with Crippen molar-refractivity contribution in [2.75, 3.05) is 27.2 Å². The van der Waals surface area contributed by atoms with Crippen LogP contribution in [0.4, 0.5) is 0 Å². The second-order valence-electron chi connectivity index (χ2n) is 5.22. The standard InChI is InChI=1S/C16H26N4O/c1-5-9-17-16(19-12-15(21)20(3)4)18-11-14-8-6-7-13(2)10-14/h6-8,10H,5,9,11-12H2,1-4H3,(H2,17,18,19). The molecule has 0 aliphatic rings. The molecule has 0 radical (unpaired) electrons. The van der Waals surface area contributed by atoms with Gasteiger partial charge in [0.2, 0.25) is 5.91 Å². The number of nitrogens with zero attached hydrogens (tertiary/aromatic N) is 2. The van der Waals surface area contributed by atoms with Gasteiger partial charge in [-0.25, -0.2) is 4.99 Å². The topological polar surface area (TPSA) is 56.7 Å². The summed E-state index contributed by atoms with van der Waals surface area (Å²) >= 11 is 0. The molecule has 1 aromatic rings. The zero-order valence-electron chi connectivity index (χ0n) is 13.4. The highest BCUT2D eigenvalue weighted by molar-refractivity contribution is 5.86. The monoisotopic (exact) mass is 290 g/mol. The van der Waals surface area contributed by atoms with Crippen molar-refractivity contribution in [3.8, 4) is 0 Å². The molecular formula is C16H26N4O. The summed E-state index contributed by atoms with van der Waals surface area (Å²) < 4.78 is 0. The predicted molar refractivity (Wildman–Crippen MR) is 87.3 cm³/mol. The van der Waals surface area contributed by atoms with Crippen LogP contribution in [0.5, 0.6) is 0 Å². The van der Waals surface area contributed by atoms with Gasteiger partial charge in [0.15, 0.2) is 5.96 Å². The summed E-state index contributed by atoms with van der Waals surface area (Å²) in [6.07, 6.45) is 1.01. The van der Waals surface area contributed by atoms with Crippen molar-refractivity contribution < 1.29 is 4.79 Å². The van der Waals surface area contributed by atoms with Gasteiger partial charge in [-0.2, -0.15) is 0 Å². The SMILES string of the molecule is CCCNC(=NCc1cccc(C)c1)NCC(=O)N(C)C. The van der Waals surface area contributed by atoms with Crippen molar-refractivity contribution in [3.05, 3.63) is 35.4 Å². The number of aliphatic imine (C=N–C) groups is 1. The van der Waals surface area contributed by atoms with Crippen LogP contribution in [0.25, 0.3) is 0 Å². The Morgan fingerprint density at radius 2 is 2.05 bits per heavy atom. The van der Waals surface area contributed by atoms with Gasteiger partial charge in [-0.3, -0.25) is 4.79 Å². The molecular weight excluding hydrogens is 264 g/mol. The number of rotatable bonds is 6. The molecule has 0 aromatic heterocycles. The van der Waals surface area contributed by atoms with E-state index >= 15 is 0 Å². The highest BCUT2D eigenvalue weighted by atomic mass is 16.2. The molecule has 0 fully saturated rings. The summed E-state index contributed by atoms with van der Waals surface area (Å²) in [5.74, 6) is 0.699. The summed E-state index contributed by atoms with van der Waals surface area (Å²) in [4.78, 5) is 17.7. The van der Waals surface area contributed by atoms with Crippen molar-refractivity contribution in [1.29, 1.82) is 0 Å². The molecule has 0 atom stereocenters. The Balaban J connectivity index is 2.63. The molecule has 0 saturated heterocycles. The molecule has 21 heavy (non-hydrogen) atoms. The molecule has 116 valence electrons. The van der Waals surface area contributed by atoms with Gasteiger partial charge >= 0.3 is 0 Å². The Morgan fingerprint density at radius 1 is 1.29 bits per heavy atom. The van der Waals surface area contributed by atoms with E-state index in [2.05, 4.69) is 47.7 Å². The van der Waals surface area contributed by atoms with Crippen LogP contribution in [0.15, 0.2) is 29.3 Å². The molecule has 0 spiro atoms. The van der Waals surface area contributed by atoms with Gasteiger partial charge in [0.05, 0.1) is 13.1 Å². The van der Waals surface area contributed by atoms with Crippen LogP contribution in [0.2, 0.25) is 0 Å². The third-order valence-electron chi connectivity index (χ3n) is 2.95. The molecule has 0 aliphatic carbocycles. The smallest absolute Gasteiger partial charge is 0.241 e. The molecule has 1 amide bonds. The van der Waals surface area contributed by atoms with E-state index in [9.17, 15) is 4.79 Å². The average molecular weight is 290 g/mol. The predicted octanol–water partition coefficient (Wildman–Crippen LogP) is 1.53. The second-order valence-corrected chi connectivity index (χ2v) is 5.22. The van der Waals surface area contributed by atoms with Crippen LogP contribution in [0, 0.1) is 6.92 Å². The summed E-state index contributed by atoms with van der Waals surface area (Å²) in [5.41, 5.74) is 2.38. The Labute approximate surface area is 127 Å². The van der Waals surface area contributed by atoms with E-state index < -0.39 is 0 Å². The first-order valence-electron chi connectivity index (χ1n) is 7.30. The zero-order chi connectivity index (χ0) is 15.7. The number of carbonyl (C=O) groups excluding carboxylic acids is 1. The summed E-state index contributed by atoms with van der Waals surface area (Å²) in [6.45, 7) is 5.83. The van der Waals surface area contributed by atoms with E-state index in [0.717, 1.165) is 18.5 Å². The lowest BCUT2D eigenvalue weighted by molar-refractivity contribution is -0.127. The third-order valence-corrected chi connectivity index (χ3v) is 2.95. The summed E-state index contributed by atoms with van der Waals surface area (Å²) in [5, 5.41) is 6.28. The molecule has 0 saturated carbocycles. The van der Waals surface area contributed by atoms with Crippen LogP contribution in [0.3, 0.4) is 0 Å². The first-order valence-corrected chi connectivity index (χ1v) is 7.30. The van der Waals surface area contributed by atoms with Crippen LogP contribution in [0.1, 0.15) is 24.5 Å². The molecule has 5 heteroatoms. The maximum atomic E-state index is 11.6. The largest absolute Gasteiger partial charge is 0.356 e. The Hall–Kier alpha value is -2.04. The summed E-state index contributed by atoms with van der Waals surface area (Å²) in [6, 6.07) is 8.27. The van der Waals surface area contributed by atoms with E-state index in [4.69, 9.17) is 0 Å². The van der Waals surface area contributed by atoms with Crippen molar-refractivity contribution in [3.63, 3.8) is 0 Å². The number of benzene rings is 1. The normalized spacial score (nSPS) is 11.1. The van der Waals surface area contributed by atoms with E-state index in [0.29, 0.717) is 12.5 Å². The fraction of sp³-hybridized carbons (Fsp3) is 0.500. The van der Waals surface area contributed by atoms with Gasteiger partial charge in [0.25, 0.3) is 0 Å². The third kappa shape index (κ3) is 6.79.